The number of benzene rings is 4. The molecule has 314 valence electrons. The summed E-state index contributed by atoms with van der Waals surface area (Å²) in [6.45, 7) is 4.42. The van der Waals surface area contributed by atoms with E-state index in [1.54, 1.807) is 72.8 Å². The fraction of sp³-hybridized carbons (Fsp3) is 0.423. The second-order valence-corrected chi connectivity index (χ2v) is 16.5. The van der Waals surface area contributed by atoms with Gasteiger partial charge in [-0.25, -0.2) is 0 Å². The third-order valence-electron chi connectivity index (χ3n) is 12.0. The monoisotopic (exact) mass is 808 g/mol. The van der Waals surface area contributed by atoms with Crippen LogP contribution < -0.4 is 10.6 Å². The van der Waals surface area contributed by atoms with Crippen molar-refractivity contribution in [2.24, 2.45) is 0 Å². The molecule has 0 bridgehead atoms. The molecule has 0 aromatic heterocycles. The smallest absolute Gasteiger partial charge is 0.224 e. The van der Waals surface area contributed by atoms with E-state index in [0.29, 0.717) is 24.0 Å². The van der Waals surface area contributed by atoms with Crippen molar-refractivity contribution in [3.8, 4) is 11.1 Å². The Morgan fingerprint density at radius 2 is 0.633 bits per heavy atom. The lowest BCUT2D eigenvalue weighted by molar-refractivity contribution is -0.117. The predicted molar refractivity (Wildman–Crippen MR) is 239 cm³/mol. The van der Waals surface area contributed by atoms with E-state index in [1.807, 2.05) is 0 Å². The molecule has 0 atom stereocenters. The van der Waals surface area contributed by atoms with Gasteiger partial charge in [-0.3, -0.25) is 28.8 Å². The summed E-state index contributed by atoms with van der Waals surface area (Å²) in [5, 5.41) is 5.87. The lowest BCUT2D eigenvalue weighted by Gasteiger charge is -2.26. The molecule has 6 rings (SSSR count). The van der Waals surface area contributed by atoms with Crippen LogP contribution in [-0.2, 0) is 9.59 Å². The van der Waals surface area contributed by atoms with Crippen molar-refractivity contribution in [3.05, 3.63) is 117 Å². The second-order valence-electron chi connectivity index (χ2n) is 16.5. The zero-order chi connectivity index (χ0) is 42.4. The van der Waals surface area contributed by atoms with Gasteiger partial charge >= 0.3 is 0 Å². The molecule has 0 saturated heterocycles. The third-order valence-corrected chi connectivity index (χ3v) is 12.0. The first-order valence-electron chi connectivity index (χ1n) is 22.6. The molecule has 0 aliphatic heterocycles. The zero-order valence-electron chi connectivity index (χ0n) is 35.5. The van der Waals surface area contributed by atoms with Crippen molar-refractivity contribution in [3.63, 3.8) is 0 Å². The normalized spacial score (nSPS) is 12.8. The fourth-order valence-corrected chi connectivity index (χ4v) is 8.72. The number of hydrogen-bond acceptors (Lipinski definition) is 6. The number of unbranched alkanes of at least 4 members (excludes halogenated alkanes) is 16. The van der Waals surface area contributed by atoms with Gasteiger partial charge in [0.25, 0.3) is 0 Å². The van der Waals surface area contributed by atoms with Crippen molar-refractivity contribution in [1.82, 2.24) is 0 Å². The van der Waals surface area contributed by atoms with Gasteiger partial charge in [-0.15, -0.1) is 0 Å². The third kappa shape index (κ3) is 10.3. The van der Waals surface area contributed by atoms with E-state index in [4.69, 9.17) is 0 Å². The molecule has 0 fully saturated rings. The molecule has 60 heavy (non-hydrogen) atoms. The molecule has 0 radical (unpaired) electrons. The van der Waals surface area contributed by atoms with Crippen molar-refractivity contribution in [1.29, 1.82) is 0 Å². The summed E-state index contributed by atoms with van der Waals surface area (Å²) in [4.78, 5) is 84.4. The van der Waals surface area contributed by atoms with Crippen LogP contribution in [0, 0.1) is 0 Å². The van der Waals surface area contributed by atoms with Crippen LogP contribution in [0.2, 0.25) is 0 Å². The summed E-state index contributed by atoms with van der Waals surface area (Å²) < 4.78 is 0. The molecule has 2 N–H and O–H groups in total. The minimum atomic E-state index is -0.424. The highest BCUT2D eigenvalue weighted by Crippen LogP contribution is 2.43. The first kappa shape index (κ1) is 44.1. The predicted octanol–water partition coefficient (Wildman–Crippen LogP) is 12.6. The van der Waals surface area contributed by atoms with Gasteiger partial charge in [-0.1, -0.05) is 177 Å². The molecule has 0 unspecified atom stereocenters. The van der Waals surface area contributed by atoms with Gasteiger partial charge in [0.15, 0.2) is 23.1 Å². The van der Waals surface area contributed by atoms with Gasteiger partial charge in [0.2, 0.25) is 11.8 Å². The average molecular weight is 809 g/mol. The number of rotatable bonds is 23. The Morgan fingerprint density at radius 1 is 0.350 bits per heavy atom. The summed E-state index contributed by atoms with van der Waals surface area (Å²) >= 11 is 0. The number of amides is 2. The minimum absolute atomic E-state index is 0.0544. The van der Waals surface area contributed by atoms with Crippen LogP contribution in [0.1, 0.15) is 206 Å². The van der Waals surface area contributed by atoms with Crippen molar-refractivity contribution in [2.45, 2.75) is 142 Å². The van der Waals surface area contributed by atoms with Gasteiger partial charge in [0, 0.05) is 46.2 Å². The Hall–Kier alpha value is -5.50. The number of carbonyl (C=O) groups is 6. The number of fused-ring (bicyclic) bond motifs is 4. The zero-order valence-corrected chi connectivity index (χ0v) is 35.5. The summed E-state index contributed by atoms with van der Waals surface area (Å²) in [5.41, 5.74) is 2.16. The van der Waals surface area contributed by atoms with Gasteiger partial charge in [0.1, 0.15) is 0 Å². The van der Waals surface area contributed by atoms with E-state index in [2.05, 4.69) is 24.5 Å². The van der Waals surface area contributed by atoms with Gasteiger partial charge in [-0.2, -0.15) is 0 Å². The van der Waals surface area contributed by atoms with E-state index >= 15 is 0 Å². The van der Waals surface area contributed by atoms with Crippen LogP contribution in [0.25, 0.3) is 11.1 Å². The Morgan fingerprint density at radius 3 is 0.950 bits per heavy atom. The Balaban J connectivity index is 1.29. The van der Waals surface area contributed by atoms with Gasteiger partial charge in [-0.05, 0) is 36.1 Å². The van der Waals surface area contributed by atoms with E-state index in [9.17, 15) is 28.8 Å². The largest absolute Gasteiger partial charge is 0.325 e. The highest BCUT2D eigenvalue weighted by atomic mass is 16.2. The van der Waals surface area contributed by atoms with E-state index in [0.717, 1.165) is 38.5 Å². The van der Waals surface area contributed by atoms with Crippen molar-refractivity contribution < 1.29 is 28.8 Å². The SMILES string of the molecule is CCCCCCCCCCCC(=O)Nc1ccc(-c2ccc(NC(=O)CCCCCCCCCCC)c3c2C(=O)c2ccccc2C3=O)c2c1C(=O)c1ccccc1C2=O. The van der Waals surface area contributed by atoms with Crippen molar-refractivity contribution >= 4 is 46.3 Å². The number of hydrogen-bond donors (Lipinski definition) is 2. The lowest BCUT2D eigenvalue weighted by Crippen LogP contribution is -2.27. The standard InChI is InChI=1S/C52H60N2O6/c1-3-5-7-9-11-13-15-17-19-29-43(55)53-41-33-31-35(45-47(41)51(59)39-27-23-21-25-37(39)49(45)57)36-32-34-42(54-44(56)30-20-18-16-14-12-10-8-6-4-2)48-46(36)50(58)38-26-22-24-28-40(38)52(48)60/h21-28,31-34H,3-20,29-30H2,1-2H3,(H,53,55)(H,54,56). The maximum absolute atomic E-state index is 14.5. The van der Waals surface area contributed by atoms with E-state index < -0.39 is 23.1 Å². The number of nitrogens with one attached hydrogen (secondary N) is 2. The van der Waals surface area contributed by atoms with Crippen LogP contribution in [0.5, 0.6) is 0 Å². The summed E-state index contributed by atoms with van der Waals surface area (Å²) in [6.07, 6.45) is 20.7. The van der Waals surface area contributed by atoms with Crippen LogP contribution in [0.15, 0.2) is 72.8 Å². The Bertz CT molecular complexity index is 2080. The van der Waals surface area contributed by atoms with Crippen molar-refractivity contribution in [2.75, 3.05) is 10.6 Å². The minimum Gasteiger partial charge on any atom is -0.325 e. The van der Waals surface area contributed by atoms with Crippen LogP contribution in [-0.4, -0.2) is 34.9 Å². The van der Waals surface area contributed by atoms with E-state index in [1.165, 1.54) is 64.2 Å². The molecular formula is C52H60N2O6. The van der Waals surface area contributed by atoms with Crippen LogP contribution in [0.4, 0.5) is 11.4 Å². The van der Waals surface area contributed by atoms with Crippen LogP contribution >= 0.6 is 0 Å². The highest BCUT2D eigenvalue weighted by molar-refractivity contribution is 6.35. The topological polar surface area (TPSA) is 126 Å². The summed E-state index contributed by atoms with van der Waals surface area (Å²) in [6, 6.07) is 19.7. The number of anilines is 2. The molecule has 0 heterocycles. The second kappa shape index (κ2) is 21.7. The molecule has 2 aliphatic carbocycles. The molecule has 4 aromatic rings. The fourth-order valence-electron chi connectivity index (χ4n) is 8.72. The number of ketones is 4. The molecule has 0 spiro atoms. The Kier molecular flexibility index (Phi) is 15.9. The molecule has 2 aliphatic rings. The summed E-state index contributed by atoms with van der Waals surface area (Å²) in [5.74, 6) is -2.17. The first-order chi connectivity index (χ1) is 29.3. The molecule has 8 heteroatoms. The maximum atomic E-state index is 14.5. The van der Waals surface area contributed by atoms with E-state index in [-0.39, 0.29) is 80.5 Å². The van der Waals surface area contributed by atoms with Gasteiger partial charge in [0.05, 0.1) is 22.5 Å². The number of carbonyl (C=O) groups excluding carboxylic acids is 6. The molecular weight excluding hydrogens is 749 g/mol. The average Bonchev–Trinajstić information content (AvgIpc) is 3.26. The van der Waals surface area contributed by atoms with Crippen LogP contribution in [0.3, 0.4) is 0 Å². The lowest BCUT2D eigenvalue weighted by atomic mass is 9.75. The molecule has 2 amide bonds. The molecule has 8 nitrogen and oxygen atoms in total. The highest BCUT2D eigenvalue weighted by Gasteiger charge is 2.38. The first-order valence-corrected chi connectivity index (χ1v) is 22.6. The Labute approximate surface area is 355 Å². The maximum Gasteiger partial charge on any atom is 0.224 e. The molecule has 4 aromatic carbocycles. The summed E-state index contributed by atoms with van der Waals surface area (Å²) in [7, 11) is 0. The quantitative estimate of drug-likeness (QED) is 0.0621. The molecule has 0 saturated carbocycles. The van der Waals surface area contributed by atoms with Gasteiger partial charge < -0.3 is 10.6 Å².